The van der Waals surface area contributed by atoms with Crippen LogP contribution in [0, 0.1) is 13.8 Å². The fourth-order valence-corrected chi connectivity index (χ4v) is 2.55. The number of carbonyl (C=O) groups is 1. The molecule has 7 nitrogen and oxygen atoms in total. The van der Waals surface area contributed by atoms with E-state index in [1.165, 1.54) is 0 Å². The average molecular weight is 324 g/mol. The fraction of sp³-hybridized carbons (Fsp3) is 0.294. The molecule has 2 heterocycles. The zero-order valence-corrected chi connectivity index (χ0v) is 14.2. The molecule has 0 aliphatic heterocycles. The van der Waals surface area contributed by atoms with E-state index in [9.17, 15) is 4.79 Å². The molecule has 1 N–H and O–H groups in total. The second-order valence-electron chi connectivity index (χ2n) is 5.87. The molecule has 0 unspecified atom stereocenters. The molecule has 0 atom stereocenters. The number of benzene rings is 1. The molecule has 0 bridgehead atoms. The second-order valence-corrected chi connectivity index (χ2v) is 5.87. The van der Waals surface area contributed by atoms with Gasteiger partial charge in [0.1, 0.15) is 6.54 Å². The zero-order chi connectivity index (χ0) is 17.3. The number of carbonyl (C=O) groups excluding carboxylic acids is 1. The Morgan fingerprint density at radius 2 is 1.83 bits per heavy atom. The smallest absolute Gasteiger partial charge is 0.244 e. The quantitative estimate of drug-likeness (QED) is 0.796. The van der Waals surface area contributed by atoms with E-state index < -0.39 is 0 Å². The number of fused-ring (bicyclic) bond motifs is 1. The predicted octanol–water partition coefficient (Wildman–Crippen LogP) is 2.15. The summed E-state index contributed by atoms with van der Waals surface area (Å²) in [6.45, 7) is 3.92. The molecule has 124 valence electrons. The molecular weight excluding hydrogens is 304 g/mol. The zero-order valence-electron chi connectivity index (χ0n) is 14.2. The third-order valence-electron chi connectivity index (χ3n) is 3.76. The number of nitrogens with one attached hydrogen (secondary N) is 1. The van der Waals surface area contributed by atoms with Crippen LogP contribution in [-0.2, 0) is 11.3 Å². The van der Waals surface area contributed by atoms with Gasteiger partial charge in [0, 0.05) is 14.1 Å². The predicted molar refractivity (Wildman–Crippen MR) is 94.2 cm³/mol. The van der Waals surface area contributed by atoms with Gasteiger partial charge < -0.3 is 14.8 Å². The van der Waals surface area contributed by atoms with Crippen LogP contribution in [0.5, 0.6) is 0 Å². The van der Waals surface area contributed by atoms with Gasteiger partial charge in [-0.15, -0.1) is 0 Å². The molecule has 3 rings (SSSR count). The number of amides is 1. The van der Waals surface area contributed by atoms with Crippen LogP contribution in [0.25, 0.3) is 11.0 Å². The topological polar surface area (TPSA) is 75.9 Å². The van der Waals surface area contributed by atoms with E-state index in [2.05, 4.69) is 20.3 Å². The summed E-state index contributed by atoms with van der Waals surface area (Å²) in [5, 5.41) is 2.92. The van der Waals surface area contributed by atoms with Crippen molar-refractivity contribution < 1.29 is 4.79 Å². The van der Waals surface area contributed by atoms with Crippen LogP contribution in [0.15, 0.2) is 30.6 Å². The molecule has 0 radical (unpaired) electrons. The maximum absolute atomic E-state index is 12.4. The monoisotopic (exact) mass is 324 g/mol. The highest BCUT2D eigenvalue weighted by Crippen LogP contribution is 2.20. The van der Waals surface area contributed by atoms with Crippen molar-refractivity contribution in [3.8, 4) is 0 Å². The summed E-state index contributed by atoms with van der Waals surface area (Å²) >= 11 is 0. The van der Waals surface area contributed by atoms with Gasteiger partial charge in [0.2, 0.25) is 11.9 Å². The Balaban J connectivity index is 1.80. The molecule has 7 heteroatoms. The van der Waals surface area contributed by atoms with E-state index in [1.54, 1.807) is 6.33 Å². The Kier molecular flexibility index (Phi) is 4.16. The lowest BCUT2D eigenvalue weighted by molar-refractivity contribution is -0.116. The molecule has 0 saturated carbocycles. The second kappa shape index (κ2) is 6.27. The molecule has 0 saturated heterocycles. The molecule has 2 aromatic heterocycles. The Morgan fingerprint density at radius 1 is 1.17 bits per heavy atom. The summed E-state index contributed by atoms with van der Waals surface area (Å²) in [7, 11) is 3.77. The van der Waals surface area contributed by atoms with Gasteiger partial charge in [0.25, 0.3) is 0 Å². The van der Waals surface area contributed by atoms with E-state index in [1.807, 2.05) is 61.7 Å². The van der Waals surface area contributed by atoms with Gasteiger partial charge in [0.05, 0.1) is 34.4 Å². The molecule has 24 heavy (non-hydrogen) atoms. The van der Waals surface area contributed by atoms with E-state index in [-0.39, 0.29) is 12.5 Å². The van der Waals surface area contributed by atoms with Crippen molar-refractivity contribution in [2.24, 2.45) is 0 Å². The van der Waals surface area contributed by atoms with E-state index >= 15 is 0 Å². The van der Waals surface area contributed by atoms with Crippen LogP contribution < -0.4 is 10.2 Å². The molecule has 3 aromatic rings. The number of rotatable bonds is 4. The minimum Gasteiger partial charge on any atom is -0.347 e. The van der Waals surface area contributed by atoms with Crippen molar-refractivity contribution >= 4 is 28.6 Å². The summed E-state index contributed by atoms with van der Waals surface area (Å²) in [5.41, 5.74) is 3.96. The molecule has 0 aliphatic carbocycles. The fourth-order valence-electron chi connectivity index (χ4n) is 2.55. The van der Waals surface area contributed by atoms with Crippen molar-refractivity contribution in [3.05, 3.63) is 42.0 Å². The van der Waals surface area contributed by atoms with Crippen LogP contribution in [0.3, 0.4) is 0 Å². The van der Waals surface area contributed by atoms with Crippen LogP contribution >= 0.6 is 0 Å². The van der Waals surface area contributed by atoms with Crippen molar-refractivity contribution in [2.75, 3.05) is 24.3 Å². The Morgan fingerprint density at radius 3 is 2.50 bits per heavy atom. The van der Waals surface area contributed by atoms with E-state index in [0.717, 1.165) is 22.4 Å². The number of nitrogens with zero attached hydrogens (tertiary/aromatic N) is 5. The molecule has 1 amide bonds. The first-order valence-electron chi connectivity index (χ1n) is 7.68. The average Bonchev–Trinajstić information content (AvgIpc) is 2.94. The summed E-state index contributed by atoms with van der Waals surface area (Å²) in [6, 6.07) is 7.73. The first-order valence-corrected chi connectivity index (χ1v) is 7.68. The number of imidazole rings is 1. The van der Waals surface area contributed by atoms with Crippen LogP contribution in [0.2, 0.25) is 0 Å². The maximum Gasteiger partial charge on any atom is 0.244 e. The summed E-state index contributed by atoms with van der Waals surface area (Å²) in [4.78, 5) is 27.4. The van der Waals surface area contributed by atoms with Gasteiger partial charge in [-0.25, -0.2) is 15.0 Å². The van der Waals surface area contributed by atoms with E-state index in [0.29, 0.717) is 11.6 Å². The highest BCUT2D eigenvalue weighted by Gasteiger charge is 2.13. The molecule has 1 aromatic carbocycles. The SMILES string of the molecule is Cc1nc(N(C)C)nc(C)c1NC(=O)Cn1cnc2ccccc21. The number of hydrogen-bond donors (Lipinski definition) is 1. The Labute approximate surface area is 140 Å². The van der Waals surface area contributed by atoms with Crippen molar-refractivity contribution in [1.82, 2.24) is 19.5 Å². The third kappa shape index (κ3) is 3.05. The summed E-state index contributed by atoms with van der Waals surface area (Å²) in [6.07, 6.45) is 1.68. The number of anilines is 2. The summed E-state index contributed by atoms with van der Waals surface area (Å²) < 4.78 is 1.82. The maximum atomic E-state index is 12.4. The molecule has 0 spiro atoms. The van der Waals surface area contributed by atoms with Gasteiger partial charge in [-0.2, -0.15) is 0 Å². The normalized spacial score (nSPS) is 10.8. The van der Waals surface area contributed by atoms with Crippen molar-refractivity contribution in [3.63, 3.8) is 0 Å². The lowest BCUT2D eigenvalue weighted by atomic mass is 10.2. The van der Waals surface area contributed by atoms with Gasteiger partial charge in [-0.05, 0) is 26.0 Å². The van der Waals surface area contributed by atoms with Gasteiger partial charge >= 0.3 is 0 Å². The molecular formula is C17H20N6O. The minimum absolute atomic E-state index is 0.134. The highest BCUT2D eigenvalue weighted by atomic mass is 16.1. The standard InChI is InChI=1S/C17H20N6O/c1-11-16(12(2)20-17(19-11)22(3)4)21-15(24)9-23-10-18-13-7-5-6-8-14(13)23/h5-8,10H,9H2,1-4H3,(H,21,24). The van der Waals surface area contributed by atoms with Crippen LogP contribution in [0.1, 0.15) is 11.4 Å². The number of aromatic nitrogens is 4. The van der Waals surface area contributed by atoms with Crippen LogP contribution in [-0.4, -0.2) is 39.5 Å². The molecule has 0 aliphatic rings. The van der Waals surface area contributed by atoms with Gasteiger partial charge in [-0.1, -0.05) is 12.1 Å². The highest BCUT2D eigenvalue weighted by molar-refractivity contribution is 5.92. The van der Waals surface area contributed by atoms with Crippen molar-refractivity contribution in [1.29, 1.82) is 0 Å². The van der Waals surface area contributed by atoms with Crippen LogP contribution in [0.4, 0.5) is 11.6 Å². The Hall–Kier alpha value is -2.96. The largest absolute Gasteiger partial charge is 0.347 e. The number of hydrogen-bond acceptors (Lipinski definition) is 5. The first kappa shape index (κ1) is 15.9. The lowest BCUT2D eigenvalue weighted by Crippen LogP contribution is -2.21. The number of aryl methyl sites for hydroxylation is 2. The molecule has 0 fully saturated rings. The lowest BCUT2D eigenvalue weighted by Gasteiger charge is -2.16. The number of para-hydroxylation sites is 2. The van der Waals surface area contributed by atoms with Gasteiger partial charge in [-0.3, -0.25) is 4.79 Å². The Bertz CT molecular complexity index is 876. The summed E-state index contributed by atoms with van der Waals surface area (Å²) in [5.74, 6) is 0.495. The third-order valence-corrected chi connectivity index (χ3v) is 3.76. The first-order chi connectivity index (χ1) is 11.5. The van der Waals surface area contributed by atoms with Crippen molar-refractivity contribution in [2.45, 2.75) is 20.4 Å². The van der Waals surface area contributed by atoms with Gasteiger partial charge in [0.15, 0.2) is 0 Å². The minimum atomic E-state index is -0.134. The van der Waals surface area contributed by atoms with E-state index in [4.69, 9.17) is 0 Å².